The van der Waals surface area contributed by atoms with Gasteiger partial charge in [-0.1, -0.05) is 0 Å². The number of amides is 2. The van der Waals surface area contributed by atoms with Crippen LogP contribution in [0.5, 0.6) is 0 Å². The van der Waals surface area contributed by atoms with Crippen molar-refractivity contribution in [2.24, 2.45) is 17.9 Å². The lowest BCUT2D eigenvalue weighted by Gasteiger charge is -2.63. The second-order valence-corrected chi connectivity index (χ2v) is 11.1. The Labute approximate surface area is 182 Å². The van der Waals surface area contributed by atoms with E-state index in [0.717, 1.165) is 70.2 Å². The highest BCUT2D eigenvalue weighted by Crippen LogP contribution is 2.54. The van der Waals surface area contributed by atoms with Gasteiger partial charge in [0.1, 0.15) is 6.33 Å². The number of hydrogen-bond acceptors (Lipinski definition) is 5. The van der Waals surface area contributed by atoms with Gasteiger partial charge in [-0.2, -0.15) is 5.10 Å². The van der Waals surface area contributed by atoms with Crippen molar-refractivity contribution in [3.63, 3.8) is 0 Å². The molecule has 3 saturated heterocycles. The number of rotatable bonds is 4. The summed E-state index contributed by atoms with van der Waals surface area (Å²) in [4.78, 5) is 28.3. The zero-order valence-corrected chi connectivity index (χ0v) is 18.2. The Bertz CT molecular complexity index is 1010. The maximum atomic E-state index is 12.9. The van der Waals surface area contributed by atoms with Crippen LogP contribution in [-0.2, 0) is 13.6 Å². The molecule has 0 N–H and O–H groups in total. The van der Waals surface area contributed by atoms with Crippen molar-refractivity contribution < 1.29 is 4.79 Å². The third-order valence-electron chi connectivity index (χ3n) is 8.09. The fourth-order valence-electron chi connectivity index (χ4n) is 6.37. The van der Waals surface area contributed by atoms with Crippen molar-refractivity contribution in [1.29, 1.82) is 0 Å². The first-order valence-electron chi connectivity index (χ1n) is 11.6. The summed E-state index contributed by atoms with van der Waals surface area (Å²) in [6, 6.07) is 0.726. The van der Waals surface area contributed by atoms with Gasteiger partial charge in [-0.05, 0) is 25.7 Å². The van der Waals surface area contributed by atoms with Crippen LogP contribution in [0.1, 0.15) is 49.2 Å². The normalized spacial score (nSPS) is 26.5. The Morgan fingerprint density at radius 1 is 1.00 bits per heavy atom. The quantitative estimate of drug-likeness (QED) is 0.746. The molecule has 5 heterocycles. The van der Waals surface area contributed by atoms with Crippen LogP contribution in [0.2, 0.25) is 0 Å². The van der Waals surface area contributed by atoms with E-state index in [0.29, 0.717) is 22.8 Å². The third kappa shape index (κ3) is 2.92. The molecule has 2 aromatic rings. The average molecular weight is 423 g/mol. The highest BCUT2D eigenvalue weighted by atomic mass is 16.2. The van der Waals surface area contributed by atoms with Gasteiger partial charge in [0, 0.05) is 75.8 Å². The van der Waals surface area contributed by atoms with Crippen molar-refractivity contribution in [3.8, 4) is 0 Å². The van der Waals surface area contributed by atoms with Gasteiger partial charge in [-0.3, -0.25) is 4.90 Å². The molecule has 0 atom stereocenters. The monoisotopic (exact) mass is 422 g/mol. The third-order valence-corrected chi connectivity index (χ3v) is 8.09. The highest BCUT2D eigenvalue weighted by Gasteiger charge is 2.58. The van der Waals surface area contributed by atoms with E-state index in [1.54, 1.807) is 0 Å². The molecule has 164 valence electrons. The van der Waals surface area contributed by atoms with Crippen LogP contribution >= 0.6 is 0 Å². The van der Waals surface area contributed by atoms with Gasteiger partial charge in [0.25, 0.3) is 0 Å². The molecule has 2 aromatic heterocycles. The highest BCUT2D eigenvalue weighted by molar-refractivity contribution is 5.77. The Hall–Kier alpha value is -2.42. The lowest BCUT2D eigenvalue weighted by molar-refractivity contribution is -0.120. The van der Waals surface area contributed by atoms with E-state index in [4.69, 9.17) is 5.10 Å². The molecular weight excluding hydrogens is 392 g/mol. The van der Waals surface area contributed by atoms with Gasteiger partial charge < -0.3 is 14.4 Å². The first-order valence-corrected chi connectivity index (χ1v) is 11.6. The van der Waals surface area contributed by atoms with Gasteiger partial charge >= 0.3 is 6.03 Å². The van der Waals surface area contributed by atoms with Crippen LogP contribution in [0.4, 0.5) is 4.79 Å². The smallest absolute Gasteiger partial charge is 0.320 e. The van der Waals surface area contributed by atoms with Crippen molar-refractivity contribution in [1.82, 2.24) is 39.0 Å². The van der Waals surface area contributed by atoms with E-state index >= 15 is 0 Å². The predicted octanol–water partition coefficient (Wildman–Crippen LogP) is 1.46. The molecule has 2 amide bonds. The van der Waals surface area contributed by atoms with Crippen molar-refractivity contribution in [3.05, 3.63) is 30.4 Å². The second kappa shape index (κ2) is 6.09. The summed E-state index contributed by atoms with van der Waals surface area (Å²) in [6.07, 6.45) is 10.6. The number of likely N-dealkylation sites (tertiary alicyclic amines) is 3. The molecular formula is C22H30N8O. The lowest BCUT2D eigenvalue weighted by atomic mass is 9.60. The summed E-state index contributed by atoms with van der Waals surface area (Å²) in [7, 11) is 2.01. The molecule has 2 spiro atoms. The summed E-state index contributed by atoms with van der Waals surface area (Å²) in [6.45, 7) is 6.75. The van der Waals surface area contributed by atoms with Crippen LogP contribution < -0.4 is 0 Å². The van der Waals surface area contributed by atoms with Crippen molar-refractivity contribution in [2.45, 2.75) is 44.2 Å². The summed E-state index contributed by atoms with van der Waals surface area (Å²) in [5, 5.41) is 4.70. The SMILES string of the molecule is Cn1cnc(CN2CC3(C2)CN(C(=O)N2CC4(CC(n5cnc(C6CC6)n5)C4)C2)C3)c1. The largest absolute Gasteiger partial charge is 0.340 e. The molecule has 2 aliphatic carbocycles. The molecule has 0 bridgehead atoms. The fourth-order valence-corrected chi connectivity index (χ4v) is 6.37. The summed E-state index contributed by atoms with van der Waals surface area (Å²) in [5.41, 5.74) is 1.80. The van der Waals surface area contributed by atoms with E-state index in [9.17, 15) is 4.79 Å². The van der Waals surface area contributed by atoms with Gasteiger partial charge in [-0.25, -0.2) is 19.4 Å². The maximum absolute atomic E-state index is 12.9. The molecule has 0 radical (unpaired) electrons. The Morgan fingerprint density at radius 2 is 1.71 bits per heavy atom. The predicted molar refractivity (Wildman–Crippen MR) is 112 cm³/mol. The molecule has 9 heteroatoms. The van der Waals surface area contributed by atoms with Crippen LogP contribution in [0, 0.1) is 10.8 Å². The molecule has 5 fully saturated rings. The summed E-state index contributed by atoms with van der Waals surface area (Å²) >= 11 is 0. The van der Waals surface area contributed by atoms with Crippen molar-refractivity contribution in [2.75, 3.05) is 39.3 Å². The Kier molecular flexibility index (Phi) is 3.57. The summed E-state index contributed by atoms with van der Waals surface area (Å²) < 4.78 is 4.08. The van der Waals surface area contributed by atoms with E-state index in [1.807, 2.05) is 24.3 Å². The fraction of sp³-hybridized carbons (Fsp3) is 0.727. The number of aryl methyl sites for hydroxylation is 1. The van der Waals surface area contributed by atoms with Crippen LogP contribution in [0.15, 0.2) is 18.9 Å². The molecule has 0 unspecified atom stereocenters. The van der Waals surface area contributed by atoms with E-state index in [-0.39, 0.29) is 6.03 Å². The second-order valence-electron chi connectivity index (χ2n) is 11.1. The zero-order valence-electron chi connectivity index (χ0n) is 18.2. The first kappa shape index (κ1) is 18.2. The Balaban J connectivity index is 0.857. The van der Waals surface area contributed by atoms with Gasteiger partial charge in [-0.15, -0.1) is 0 Å². The van der Waals surface area contributed by atoms with E-state index in [1.165, 1.54) is 12.8 Å². The number of carbonyl (C=O) groups excluding carboxylic acids is 1. The molecule has 9 nitrogen and oxygen atoms in total. The molecule has 2 saturated carbocycles. The number of imidazole rings is 1. The lowest BCUT2D eigenvalue weighted by Crippen LogP contribution is -2.75. The summed E-state index contributed by atoms with van der Waals surface area (Å²) in [5.74, 6) is 1.65. The number of carbonyl (C=O) groups is 1. The molecule has 7 rings (SSSR count). The topological polar surface area (TPSA) is 75.3 Å². The van der Waals surface area contributed by atoms with Crippen molar-refractivity contribution >= 4 is 6.03 Å². The minimum atomic E-state index is 0.250. The number of hydrogen-bond donors (Lipinski definition) is 0. The molecule has 3 aliphatic heterocycles. The Morgan fingerprint density at radius 3 is 2.35 bits per heavy atom. The number of urea groups is 1. The standard InChI is InChI=1S/C22H30N8O/c1-26-6-17(23-14-26)7-27-8-22(9-27)12-29(13-22)20(31)28-10-21(11-28)4-18(5-21)30-15-24-19(25-30)16-2-3-16/h6,14-16,18H,2-5,7-13H2,1H3. The molecule has 0 aromatic carbocycles. The zero-order chi connectivity index (χ0) is 20.8. The molecule has 5 aliphatic rings. The van der Waals surface area contributed by atoms with E-state index < -0.39 is 0 Å². The van der Waals surface area contributed by atoms with Gasteiger partial charge in [0.05, 0.1) is 18.1 Å². The number of aromatic nitrogens is 5. The minimum absolute atomic E-state index is 0.250. The molecule has 31 heavy (non-hydrogen) atoms. The van der Waals surface area contributed by atoms with Gasteiger partial charge in [0.15, 0.2) is 5.82 Å². The van der Waals surface area contributed by atoms with Crippen LogP contribution in [0.3, 0.4) is 0 Å². The van der Waals surface area contributed by atoms with E-state index in [2.05, 4.69) is 35.5 Å². The van der Waals surface area contributed by atoms with Gasteiger partial charge in [0.2, 0.25) is 0 Å². The first-order chi connectivity index (χ1) is 15.0. The van der Waals surface area contributed by atoms with Crippen LogP contribution in [-0.4, -0.2) is 84.3 Å². The maximum Gasteiger partial charge on any atom is 0.320 e. The average Bonchev–Trinajstić information content (AvgIpc) is 3.21. The number of nitrogens with zero attached hydrogens (tertiary/aromatic N) is 8. The van der Waals surface area contributed by atoms with Crippen LogP contribution in [0.25, 0.3) is 0 Å². The minimum Gasteiger partial charge on any atom is -0.340 e.